The summed E-state index contributed by atoms with van der Waals surface area (Å²) in [5, 5.41) is 5.43. The number of terminal acetylenes is 1. The number of hydrogen-bond donors (Lipinski definition) is 1. The Hall–Kier alpha value is -3.49. The first-order valence-corrected chi connectivity index (χ1v) is 9.90. The molecular weight excluding hydrogens is 380 g/mol. The molecule has 1 heterocycles. The molecule has 0 unspecified atom stereocenters. The van der Waals surface area contributed by atoms with Crippen LogP contribution in [-0.4, -0.2) is 17.7 Å². The van der Waals surface area contributed by atoms with Crippen LogP contribution in [0.3, 0.4) is 0 Å². The summed E-state index contributed by atoms with van der Waals surface area (Å²) in [6, 6.07) is 19.6. The Morgan fingerprint density at radius 2 is 1.93 bits per heavy atom. The molecule has 1 fully saturated rings. The van der Waals surface area contributed by atoms with Crippen molar-refractivity contribution in [3.8, 4) is 18.1 Å². The molecule has 4 rings (SSSR count). The highest BCUT2D eigenvalue weighted by Crippen LogP contribution is 2.34. The first kappa shape index (κ1) is 18.9. The van der Waals surface area contributed by atoms with Gasteiger partial charge in [-0.2, -0.15) is 0 Å². The van der Waals surface area contributed by atoms with E-state index in [0.29, 0.717) is 15.8 Å². The van der Waals surface area contributed by atoms with Gasteiger partial charge in [-0.3, -0.25) is 4.79 Å². The first-order chi connectivity index (χ1) is 14.1. The summed E-state index contributed by atoms with van der Waals surface area (Å²) in [6.07, 6.45) is 7.19. The number of amides is 1. The van der Waals surface area contributed by atoms with E-state index in [1.807, 2.05) is 73.7 Å². The Morgan fingerprint density at radius 3 is 2.72 bits per heavy atom. The summed E-state index contributed by atoms with van der Waals surface area (Å²) in [7, 11) is 0. The lowest BCUT2D eigenvalue weighted by Gasteiger charge is -2.10. The van der Waals surface area contributed by atoms with E-state index in [1.54, 1.807) is 0 Å². The number of amidine groups is 1. The summed E-state index contributed by atoms with van der Waals surface area (Å²) in [5.41, 5.74) is 2.78. The van der Waals surface area contributed by atoms with Crippen molar-refractivity contribution in [3.05, 3.63) is 76.7 Å². The fraction of sp³-hybridized carbons (Fsp3) is 0.0833. The second-order valence-electron chi connectivity index (χ2n) is 6.51. The lowest BCUT2D eigenvalue weighted by atomic mass is 10.0. The van der Waals surface area contributed by atoms with E-state index in [4.69, 9.17) is 11.2 Å². The molecule has 0 aliphatic carbocycles. The fourth-order valence-corrected chi connectivity index (χ4v) is 3.84. The standard InChI is InChI=1S/C24H18N2O2S/c1-3-14-28-21-13-10-17-6-4-5-7-19(17)20(21)15-22-23(27)26-24(29-22)25-18-11-8-16(2)9-12-18/h1,4-13,15H,14H2,2H3,(H,25,26,27)/b22-15-. The third kappa shape index (κ3) is 4.18. The van der Waals surface area contributed by atoms with Crippen LogP contribution in [0, 0.1) is 19.3 Å². The Bertz CT molecular complexity index is 1190. The molecule has 5 heteroatoms. The average molecular weight is 398 g/mol. The van der Waals surface area contributed by atoms with Crippen LogP contribution in [0.15, 0.2) is 70.6 Å². The van der Waals surface area contributed by atoms with Gasteiger partial charge < -0.3 is 10.1 Å². The number of hydrogen-bond acceptors (Lipinski definition) is 4. The summed E-state index contributed by atoms with van der Waals surface area (Å²) < 4.78 is 5.72. The van der Waals surface area contributed by atoms with Crippen molar-refractivity contribution in [1.29, 1.82) is 0 Å². The van der Waals surface area contributed by atoms with Gasteiger partial charge in [0.2, 0.25) is 0 Å². The summed E-state index contributed by atoms with van der Waals surface area (Å²) in [5.74, 6) is 2.95. The van der Waals surface area contributed by atoms with Gasteiger partial charge in [-0.25, -0.2) is 4.99 Å². The van der Waals surface area contributed by atoms with Gasteiger partial charge in [0.1, 0.15) is 12.4 Å². The number of nitrogens with one attached hydrogen (secondary N) is 1. The SMILES string of the molecule is C#CCOc1ccc2ccccc2c1/C=C1\SC(=Nc2ccc(C)cc2)NC1=O. The number of aryl methyl sites for hydroxylation is 1. The van der Waals surface area contributed by atoms with Gasteiger partial charge in [-0.1, -0.05) is 53.9 Å². The highest BCUT2D eigenvalue weighted by Gasteiger charge is 2.24. The Morgan fingerprint density at radius 1 is 1.14 bits per heavy atom. The number of benzene rings is 3. The molecule has 0 atom stereocenters. The zero-order valence-electron chi connectivity index (χ0n) is 15.8. The fourth-order valence-electron chi connectivity index (χ4n) is 3.02. The molecule has 3 aromatic carbocycles. The third-order valence-corrected chi connectivity index (χ3v) is 5.34. The maximum atomic E-state index is 12.5. The monoisotopic (exact) mass is 398 g/mol. The predicted octanol–water partition coefficient (Wildman–Crippen LogP) is 5.05. The lowest BCUT2D eigenvalue weighted by Crippen LogP contribution is -2.19. The zero-order valence-corrected chi connectivity index (χ0v) is 16.6. The predicted molar refractivity (Wildman–Crippen MR) is 120 cm³/mol. The molecule has 4 nitrogen and oxygen atoms in total. The van der Waals surface area contributed by atoms with Crippen molar-refractivity contribution in [2.24, 2.45) is 4.99 Å². The number of fused-ring (bicyclic) bond motifs is 1. The largest absolute Gasteiger partial charge is 0.480 e. The van der Waals surface area contributed by atoms with E-state index >= 15 is 0 Å². The van der Waals surface area contributed by atoms with Crippen molar-refractivity contribution in [3.63, 3.8) is 0 Å². The molecule has 0 spiro atoms. The van der Waals surface area contributed by atoms with Crippen LogP contribution in [0.4, 0.5) is 5.69 Å². The van der Waals surface area contributed by atoms with Gasteiger partial charge in [-0.05, 0) is 53.7 Å². The third-order valence-electron chi connectivity index (χ3n) is 4.43. The molecule has 1 N–H and O–H groups in total. The van der Waals surface area contributed by atoms with Gasteiger partial charge in [0.15, 0.2) is 5.17 Å². The number of carbonyl (C=O) groups excluding carboxylic acids is 1. The summed E-state index contributed by atoms with van der Waals surface area (Å²) in [4.78, 5) is 17.6. The Kier molecular flexibility index (Phi) is 5.37. The van der Waals surface area contributed by atoms with Crippen LogP contribution in [-0.2, 0) is 4.79 Å². The Labute approximate surface area is 173 Å². The number of nitrogens with zero attached hydrogens (tertiary/aromatic N) is 1. The number of aliphatic imine (C=N–C) groups is 1. The normalized spacial score (nSPS) is 16.2. The highest BCUT2D eigenvalue weighted by molar-refractivity contribution is 8.18. The molecule has 0 saturated carbocycles. The minimum Gasteiger partial charge on any atom is -0.480 e. The van der Waals surface area contributed by atoms with Crippen molar-refractivity contribution < 1.29 is 9.53 Å². The molecular formula is C24H18N2O2S. The first-order valence-electron chi connectivity index (χ1n) is 9.08. The van der Waals surface area contributed by atoms with Crippen molar-refractivity contribution in [1.82, 2.24) is 5.32 Å². The molecule has 1 aliphatic heterocycles. The zero-order chi connectivity index (χ0) is 20.2. The van der Waals surface area contributed by atoms with E-state index in [2.05, 4.69) is 16.2 Å². The van der Waals surface area contributed by atoms with Crippen molar-refractivity contribution in [2.75, 3.05) is 6.61 Å². The molecule has 0 bridgehead atoms. The van der Waals surface area contributed by atoms with E-state index in [0.717, 1.165) is 27.6 Å². The molecule has 1 aliphatic rings. The number of rotatable bonds is 4. The van der Waals surface area contributed by atoms with Gasteiger partial charge in [0.25, 0.3) is 5.91 Å². The summed E-state index contributed by atoms with van der Waals surface area (Å²) in [6.45, 7) is 2.18. The molecule has 0 aromatic heterocycles. The van der Waals surface area contributed by atoms with Crippen LogP contribution in [0.5, 0.6) is 5.75 Å². The van der Waals surface area contributed by atoms with E-state index in [-0.39, 0.29) is 12.5 Å². The van der Waals surface area contributed by atoms with Crippen LogP contribution in [0.1, 0.15) is 11.1 Å². The van der Waals surface area contributed by atoms with Crippen LogP contribution >= 0.6 is 11.8 Å². The van der Waals surface area contributed by atoms with E-state index in [1.165, 1.54) is 11.8 Å². The van der Waals surface area contributed by atoms with Gasteiger partial charge in [0.05, 0.1) is 10.6 Å². The van der Waals surface area contributed by atoms with E-state index in [9.17, 15) is 4.79 Å². The molecule has 3 aromatic rings. The van der Waals surface area contributed by atoms with Crippen LogP contribution < -0.4 is 10.1 Å². The second kappa shape index (κ2) is 8.26. The number of carbonyl (C=O) groups is 1. The van der Waals surface area contributed by atoms with Gasteiger partial charge in [0, 0.05) is 5.56 Å². The lowest BCUT2D eigenvalue weighted by molar-refractivity contribution is -0.115. The second-order valence-corrected chi connectivity index (χ2v) is 7.54. The Balaban J connectivity index is 1.72. The minimum atomic E-state index is -0.184. The molecule has 1 amide bonds. The number of ether oxygens (including phenoxy) is 1. The summed E-state index contributed by atoms with van der Waals surface area (Å²) >= 11 is 1.31. The van der Waals surface area contributed by atoms with E-state index < -0.39 is 0 Å². The van der Waals surface area contributed by atoms with Crippen molar-refractivity contribution in [2.45, 2.75) is 6.92 Å². The van der Waals surface area contributed by atoms with Crippen LogP contribution in [0.2, 0.25) is 0 Å². The topological polar surface area (TPSA) is 50.7 Å². The molecule has 1 saturated heterocycles. The maximum Gasteiger partial charge on any atom is 0.264 e. The minimum absolute atomic E-state index is 0.161. The smallest absolute Gasteiger partial charge is 0.264 e. The average Bonchev–Trinajstić information content (AvgIpc) is 3.08. The molecule has 29 heavy (non-hydrogen) atoms. The maximum absolute atomic E-state index is 12.5. The molecule has 0 radical (unpaired) electrons. The number of thioether (sulfide) groups is 1. The molecule has 142 valence electrons. The highest BCUT2D eigenvalue weighted by atomic mass is 32.2. The van der Waals surface area contributed by atoms with Crippen molar-refractivity contribution >= 4 is 45.4 Å². The van der Waals surface area contributed by atoms with Gasteiger partial charge >= 0.3 is 0 Å². The quantitative estimate of drug-likeness (QED) is 0.494. The van der Waals surface area contributed by atoms with Crippen LogP contribution in [0.25, 0.3) is 16.8 Å². The van der Waals surface area contributed by atoms with Gasteiger partial charge in [-0.15, -0.1) is 6.42 Å².